The van der Waals surface area contributed by atoms with Gasteiger partial charge < -0.3 is 9.64 Å². The molecule has 1 aliphatic heterocycles. The van der Waals surface area contributed by atoms with Gasteiger partial charge in [0.05, 0.1) is 13.0 Å². The summed E-state index contributed by atoms with van der Waals surface area (Å²) in [6.45, 7) is 5.13. The summed E-state index contributed by atoms with van der Waals surface area (Å²) < 4.78 is 6.00. The van der Waals surface area contributed by atoms with Crippen molar-refractivity contribution in [1.29, 1.82) is 0 Å². The Morgan fingerprint density at radius 2 is 2.04 bits per heavy atom. The molecular weight excluding hydrogens is 338 g/mol. The zero-order valence-electron chi connectivity index (χ0n) is 14.5. The predicted molar refractivity (Wildman–Crippen MR) is 96.9 cm³/mol. The first kappa shape index (κ1) is 17.7. The predicted octanol–water partition coefficient (Wildman–Crippen LogP) is 3.36. The van der Waals surface area contributed by atoms with Gasteiger partial charge in [0.1, 0.15) is 11.9 Å². The Bertz CT molecular complexity index is 729. The van der Waals surface area contributed by atoms with E-state index < -0.39 is 0 Å². The Morgan fingerprint density at radius 1 is 1.28 bits per heavy atom. The van der Waals surface area contributed by atoms with Crippen LogP contribution in [0.4, 0.5) is 0 Å². The van der Waals surface area contributed by atoms with Gasteiger partial charge in [0.15, 0.2) is 0 Å². The smallest absolute Gasteiger partial charge is 0.227 e. The molecule has 1 fully saturated rings. The summed E-state index contributed by atoms with van der Waals surface area (Å²) in [7, 11) is 0. The minimum atomic E-state index is -0.0309. The van der Waals surface area contributed by atoms with Crippen LogP contribution in [-0.2, 0) is 11.2 Å². The van der Waals surface area contributed by atoms with E-state index in [0.29, 0.717) is 29.7 Å². The van der Waals surface area contributed by atoms with Crippen molar-refractivity contribution in [1.82, 2.24) is 14.9 Å². The van der Waals surface area contributed by atoms with Crippen molar-refractivity contribution >= 4 is 17.5 Å². The van der Waals surface area contributed by atoms with Crippen LogP contribution in [0.5, 0.6) is 5.88 Å². The number of ether oxygens (including phenoxy) is 1. The van der Waals surface area contributed by atoms with Crippen molar-refractivity contribution in [3.63, 3.8) is 0 Å². The van der Waals surface area contributed by atoms with Crippen LogP contribution in [0.3, 0.4) is 0 Å². The number of likely N-dealkylation sites (tertiary alicyclic amines) is 1. The molecule has 25 heavy (non-hydrogen) atoms. The molecule has 0 bridgehead atoms. The van der Waals surface area contributed by atoms with Crippen LogP contribution >= 0.6 is 11.6 Å². The van der Waals surface area contributed by atoms with Crippen molar-refractivity contribution in [2.75, 3.05) is 13.1 Å². The standard InChI is InChI=1S/C19H22ClN3O2/c1-13-10-18(22-14(2)21-13)25-17-4-3-9-23(12-17)19(24)11-15-5-7-16(20)8-6-15/h5-8,10,17H,3-4,9,11-12H2,1-2H3. The quantitative estimate of drug-likeness (QED) is 0.840. The van der Waals surface area contributed by atoms with Crippen LogP contribution in [0.2, 0.25) is 5.02 Å². The summed E-state index contributed by atoms with van der Waals surface area (Å²) >= 11 is 5.89. The van der Waals surface area contributed by atoms with E-state index in [2.05, 4.69) is 9.97 Å². The molecule has 3 rings (SSSR count). The third-order valence-electron chi connectivity index (χ3n) is 4.23. The highest BCUT2D eigenvalue weighted by Gasteiger charge is 2.25. The van der Waals surface area contributed by atoms with Crippen LogP contribution in [0.15, 0.2) is 30.3 Å². The van der Waals surface area contributed by atoms with E-state index in [1.165, 1.54) is 0 Å². The fourth-order valence-electron chi connectivity index (χ4n) is 3.06. The van der Waals surface area contributed by atoms with E-state index in [9.17, 15) is 4.79 Å². The van der Waals surface area contributed by atoms with E-state index in [1.807, 2.05) is 49.1 Å². The molecule has 1 aliphatic rings. The number of nitrogens with zero attached hydrogens (tertiary/aromatic N) is 3. The van der Waals surface area contributed by atoms with Crippen molar-refractivity contribution < 1.29 is 9.53 Å². The molecule has 1 amide bonds. The Hall–Kier alpha value is -2.14. The summed E-state index contributed by atoms with van der Waals surface area (Å²) in [6.07, 6.45) is 2.21. The average Bonchev–Trinajstić information content (AvgIpc) is 2.56. The van der Waals surface area contributed by atoms with Crippen molar-refractivity contribution in [3.8, 4) is 5.88 Å². The number of halogens is 1. The number of hydrogen-bond donors (Lipinski definition) is 0. The van der Waals surface area contributed by atoms with Gasteiger partial charge in [0, 0.05) is 23.3 Å². The molecule has 0 spiro atoms. The van der Waals surface area contributed by atoms with Crippen LogP contribution in [-0.4, -0.2) is 40.0 Å². The number of aryl methyl sites for hydroxylation is 2. The number of piperidine rings is 1. The first-order valence-corrected chi connectivity index (χ1v) is 8.88. The van der Waals surface area contributed by atoms with Crippen LogP contribution in [0.1, 0.15) is 29.9 Å². The van der Waals surface area contributed by atoms with Gasteiger partial charge in [-0.2, -0.15) is 4.98 Å². The highest BCUT2D eigenvalue weighted by molar-refractivity contribution is 6.30. The third kappa shape index (κ3) is 4.92. The van der Waals surface area contributed by atoms with Gasteiger partial charge in [-0.05, 0) is 44.4 Å². The fourth-order valence-corrected chi connectivity index (χ4v) is 3.19. The van der Waals surface area contributed by atoms with E-state index in [0.717, 1.165) is 30.6 Å². The maximum Gasteiger partial charge on any atom is 0.227 e. The molecule has 0 saturated carbocycles. The molecule has 1 unspecified atom stereocenters. The number of amides is 1. The number of carbonyl (C=O) groups is 1. The molecule has 5 nitrogen and oxygen atoms in total. The topological polar surface area (TPSA) is 55.3 Å². The second-order valence-electron chi connectivity index (χ2n) is 6.42. The van der Waals surface area contributed by atoms with Crippen LogP contribution < -0.4 is 4.74 Å². The SMILES string of the molecule is Cc1cc(OC2CCCN(C(=O)Cc3ccc(Cl)cc3)C2)nc(C)n1. The molecule has 2 heterocycles. The summed E-state index contributed by atoms with van der Waals surface area (Å²) in [5.74, 6) is 1.40. The molecule has 1 aromatic heterocycles. The van der Waals surface area contributed by atoms with Gasteiger partial charge in [0.25, 0.3) is 0 Å². The maximum atomic E-state index is 12.6. The monoisotopic (exact) mass is 359 g/mol. The highest BCUT2D eigenvalue weighted by Crippen LogP contribution is 2.19. The van der Waals surface area contributed by atoms with Crippen LogP contribution in [0.25, 0.3) is 0 Å². The van der Waals surface area contributed by atoms with Gasteiger partial charge in [-0.1, -0.05) is 23.7 Å². The lowest BCUT2D eigenvalue weighted by Crippen LogP contribution is -2.45. The summed E-state index contributed by atoms with van der Waals surface area (Å²) in [6, 6.07) is 9.24. The normalized spacial score (nSPS) is 17.4. The highest BCUT2D eigenvalue weighted by atomic mass is 35.5. The Labute approximate surface area is 153 Å². The Balaban J connectivity index is 1.60. The molecular formula is C19H22ClN3O2. The first-order chi connectivity index (χ1) is 12.0. The number of rotatable bonds is 4. The number of aromatic nitrogens is 2. The number of hydrogen-bond acceptors (Lipinski definition) is 4. The molecule has 1 atom stereocenters. The van der Waals surface area contributed by atoms with E-state index >= 15 is 0 Å². The third-order valence-corrected chi connectivity index (χ3v) is 4.48. The van der Waals surface area contributed by atoms with Crippen molar-refractivity contribution in [3.05, 3.63) is 52.4 Å². The molecule has 1 saturated heterocycles. The number of benzene rings is 1. The van der Waals surface area contributed by atoms with Crippen LogP contribution in [0, 0.1) is 13.8 Å². The minimum Gasteiger partial charge on any atom is -0.472 e. The minimum absolute atomic E-state index is 0.0309. The van der Waals surface area contributed by atoms with Crippen molar-refractivity contribution in [2.24, 2.45) is 0 Å². The van der Waals surface area contributed by atoms with Gasteiger partial charge in [-0.15, -0.1) is 0 Å². The first-order valence-electron chi connectivity index (χ1n) is 8.51. The molecule has 0 radical (unpaired) electrons. The molecule has 132 valence electrons. The summed E-state index contributed by atoms with van der Waals surface area (Å²) in [5, 5.41) is 0.679. The molecule has 2 aromatic rings. The Morgan fingerprint density at radius 3 is 2.76 bits per heavy atom. The Kier molecular flexibility index (Phi) is 5.53. The van der Waals surface area contributed by atoms with Gasteiger partial charge in [-0.3, -0.25) is 4.79 Å². The zero-order valence-corrected chi connectivity index (χ0v) is 15.3. The molecule has 0 N–H and O–H groups in total. The van der Waals surface area contributed by atoms with Gasteiger partial charge in [0.2, 0.25) is 11.8 Å². The van der Waals surface area contributed by atoms with Gasteiger partial charge in [-0.25, -0.2) is 4.98 Å². The second kappa shape index (κ2) is 7.83. The lowest BCUT2D eigenvalue weighted by molar-refractivity contribution is -0.133. The molecule has 6 heteroatoms. The molecule has 0 aliphatic carbocycles. The lowest BCUT2D eigenvalue weighted by atomic mass is 10.1. The average molecular weight is 360 g/mol. The number of carbonyl (C=O) groups excluding carboxylic acids is 1. The molecule has 1 aromatic carbocycles. The zero-order chi connectivity index (χ0) is 17.8. The van der Waals surface area contributed by atoms with E-state index in [4.69, 9.17) is 16.3 Å². The largest absolute Gasteiger partial charge is 0.472 e. The second-order valence-corrected chi connectivity index (χ2v) is 6.86. The maximum absolute atomic E-state index is 12.6. The lowest BCUT2D eigenvalue weighted by Gasteiger charge is -2.32. The summed E-state index contributed by atoms with van der Waals surface area (Å²) in [4.78, 5) is 23.0. The van der Waals surface area contributed by atoms with Crippen molar-refractivity contribution in [2.45, 2.75) is 39.2 Å². The van der Waals surface area contributed by atoms with Gasteiger partial charge >= 0.3 is 0 Å². The fraction of sp³-hybridized carbons (Fsp3) is 0.421. The van der Waals surface area contributed by atoms with E-state index in [-0.39, 0.29) is 12.0 Å². The summed E-state index contributed by atoms with van der Waals surface area (Å²) in [5.41, 5.74) is 1.86. The van der Waals surface area contributed by atoms with E-state index in [1.54, 1.807) is 0 Å².